The Morgan fingerprint density at radius 2 is 1.58 bits per heavy atom. The molecule has 7 amide bonds. The number of anilines is 1. The molecule has 0 unspecified atom stereocenters. The van der Waals surface area contributed by atoms with E-state index >= 15 is 0 Å². The molecule has 0 saturated carbocycles. The number of fused-ring (bicyclic) bond motifs is 3. The van der Waals surface area contributed by atoms with Crippen LogP contribution in [-0.4, -0.2) is 124 Å². The van der Waals surface area contributed by atoms with Gasteiger partial charge >= 0.3 is 12.0 Å². The molecule has 0 spiro atoms. The number of carbonyl (C=O) groups excluding carboxylic acids is 7. The lowest BCUT2D eigenvalue weighted by molar-refractivity contribution is -0.160. The van der Waals surface area contributed by atoms with Gasteiger partial charge in [-0.1, -0.05) is 42.4 Å². The summed E-state index contributed by atoms with van der Waals surface area (Å²) in [4.78, 5) is 102. The van der Waals surface area contributed by atoms with Crippen molar-refractivity contribution >= 4 is 47.4 Å². The summed E-state index contributed by atoms with van der Waals surface area (Å²) in [5.74, 6) is -2.94. The fourth-order valence-electron chi connectivity index (χ4n) is 7.95. The number of nitrogens with one attached hydrogen (secondary N) is 4. The summed E-state index contributed by atoms with van der Waals surface area (Å²) in [5.41, 5.74) is 0.715. The summed E-state index contributed by atoms with van der Waals surface area (Å²) in [6.07, 6.45) is 3.70. The molecule has 4 saturated heterocycles. The molecule has 17 heteroatoms. The summed E-state index contributed by atoms with van der Waals surface area (Å²) in [6, 6.07) is 3.32. The van der Waals surface area contributed by atoms with Crippen molar-refractivity contribution in [1.82, 2.24) is 35.8 Å². The van der Waals surface area contributed by atoms with E-state index in [0.29, 0.717) is 62.8 Å². The number of urea groups is 1. The van der Waals surface area contributed by atoms with Crippen LogP contribution in [0.2, 0.25) is 0 Å². The third-order valence-corrected chi connectivity index (χ3v) is 10.7. The van der Waals surface area contributed by atoms with Gasteiger partial charge in [-0.15, -0.1) is 0 Å². The van der Waals surface area contributed by atoms with Crippen molar-refractivity contribution in [3.63, 3.8) is 0 Å². The van der Waals surface area contributed by atoms with Crippen LogP contribution in [0.3, 0.4) is 0 Å². The Balaban J connectivity index is 1.31. The highest BCUT2D eigenvalue weighted by Crippen LogP contribution is 2.28. The highest BCUT2D eigenvalue weighted by Gasteiger charge is 2.45. The average Bonchev–Trinajstić information content (AvgIpc) is 3.79. The van der Waals surface area contributed by atoms with E-state index in [2.05, 4.69) is 26.4 Å². The second kappa shape index (κ2) is 17.3. The molecular weight excluding hydrogens is 712 g/mol. The van der Waals surface area contributed by atoms with Crippen LogP contribution in [0.5, 0.6) is 0 Å². The van der Waals surface area contributed by atoms with E-state index in [1.807, 2.05) is 13.0 Å². The van der Waals surface area contributed by atoms with E-state index < -0.39 is 84.4 Å². The lowest BCUT2D eigenvalue weighted by Crippen LogP contribution is -2.63. The van der Waals surface area contributed by atoms with Gasteiger partial charge in [-0.05, 0) is 70.3 Å². The summed E-state index contributed by atoms with van der Waals surface area (Å²) in [5, 5.41) is 14.5. The molecule has 2 aromatic rings. The van der Waals surface area contributed by atoms with Crippen LogP contribution in [0.15, 0.2) is 40.9 Å². The zero-order valence-corrected chi connectivity index (χ0v) is 31.5. The Bertz CT molecular complexity index is 1770. The van der Waals surface area contributed by atoms with E-state index in [9.17, 15) is 33.6 Å². The van der Waals surface area contributed by atoms with Crippen LogP contribution in [0.4, 0.5) is 10.6 Å². The normalized spacial score (nSPS) is 27.3. The van der Waals surface area contributed by atoms with Gasteiger partial charge in [-0.2, -0.15) is 0 Å². The van der Waals surface area contributed by atoms with Crippen LogP contribution in [0.1, 0.15) is 70.1 Å². The molecule has 6 rings (SSSR count). The Kier molecular flexibility index (Phi) is 12.4. The van der Waals surface area contributed by atoms with E-state index in [4.69, 9.17) is 9.26 Å². The number of piperidine rings is 2. The number of nitrogens with zero attached hydrogens (tertiary/aromatic N) is 4. The van der Waals surface area contributed by atoms with Gasteiger partial charge in [0.15, 0.2) is 5.82 Å². The first-order valence-electron chi connectivity index (χ1n) is 19.1. The first-order valence-corrected chi connectivity index (χ1v) is 19.1. The number of amides is 7. The van der Waals surface area contributed by atoms with Gasteiger partial charge in [0.25, 0.3) is 0 Å². The number of esters is 1. The number of carbonyl (C=O) groups is 7. The SMILES string of the molecule is Cc1cc(NC(=O)N[C@@H](Cc2ccccc2)C(=O)N[C@H]2COC(=O)[C@@H]3C[C@@H](C)CN3C(=O)[C@H](C)NC(=O)[C@@H]3CCCCN3C(=O)[C@@H]3CCCCN3C2=O)no1. The number of hydrogen-bond acceptors (Lipinski definition) is 10. The highest BCUT2D eigenvalue weighted by atomic mass is 16.5. The summed E-state index contributed by atoms with van der Waals surface area (Å²) in [7, 11) is 0. The van der Waals surface area contributed by atoms with E-state index in [1.54, 1.807) is 38.1 Å². The van der Waals surface area contributed by atoms with Gasteiger partial charge in [0, 0.05) is 32.1 Å². The predicted molar refractivity (Wildman–Crippen MR) is 196 cm³/mol. The Morgan fingerprint density at radius 1 is 0.891 bits per heavy atom. The van der Waals surface area contributed by atoms with E-state index in [-0.39, 0.29) is 31.2 Å². The zero-order chi connectivity index (χ0) is 39.2. The fraction of sp³-hybridized carbons (Fsp3) is 0.579. The van der Waals surface area contributed by atoms with Crippen molar-refractivity contribution in [3.8, 4) is 0 Å². The maximum atomic E-state index is 14.6. The molecule has 0 radical (unpaired) electrons. The van der Waals surface area contributed by atoms with Gasteiger partial charge in [0.05, 0.1) is 0 Å². The smallest absolute Gasteiger partial charge is 0.328 e. The number of aromatic nitrogens is 1. The van der Waals surface area contributed by atoms with Gasteiger partial charge in [-0.25, -0.2) is 9.59 Å². The number of aryl methyl sites for hydroxylation is 1. The van der Waals surface area contributed by atoms with Crippen LogP contribution in [-0.2, 0) is 39.9 Å². The first kappa shape index (κ1) is 39.2. The Hall–Kier alpha value is -5.48. The largest absolute Gasteiger partial charge is 0.461 e. The second-order valence-corrected chi connectivity index (χ2v) is 15.0. The minimum atomic E-state index is -1.46. The third kappa shape index (κ3) is 9.25. The molecular formula is C38H50N8O9. The number of hydrogen-bond donors (Lipinski definition) is 4. The molecule has 7 atom stereocenters. The fourth-order valence-corrected chi connectivity index (χ4v) is 7.95. The van der Waals surface area contributed by atoms with Gasteiger partial charge < -0.3 is 39.9 Å². The first-order chi connectivity index (χ1) is 26.4. The molecule has 4 aliphatic rings. The number of rotatable bonds is 6. The minimum absolute atomic E-state index is 0.0388. The van der Waals surface area contributed by atoms with Crippen molar-refractivity contribution in [2.45, 2.75) is 108 Å². The van der Waals surface area contributed by atoms with Gasteiger partial charge in [0.1, 0.15) is 48.6 Å². The van der Waals surface area contributed by atoms with Crippen LogP contribution >= 0.6 is 0 Å². The summed E-state index contributed by atoms with van der Waals surface area (Å²) < 4.78 is 10.8. The second-order valence-electron chi connectivity index (χ2n) is 15.0. The van der Waals surface area contributed by atoms with Crippen molar-refractivity contribution < 1.29 is 42.8 Å². The Morgan fingerprint density at radius 3 is 2.27 bits per heavy atom. The van der Waals surface area contributed by atoms with Crippen LogP contribution in [0.25, 0.3) is 0 Å². The molecule has 0 bridgehead atoms. The number of ether oxygens (including phenoxy) is 1. The van der Waals surface area contributed by atoms with Crippen LogP contribution < -0.4 is 21.3 Å². The number of benzene rings is 1. The molecule has 17 nitrogen and oxygen atoms in total. The monoisotopic (exact) mass is 762 g/mol. The standard InChI is InChI=1S/C38H50N8O9/c1-22-17-30-37(52)54-21-27(40-32(47)26(19-25-11-5-4-6-12-25)41-38(53)42-31-18-23(2)55-43-31)35(50)45-16-10-8-14-29(45)36(51)44-15-9-7-13-28(44)33(48)39-24(3)34(49)46(30)20-22/h4-6,11-12,18,22,24,26-30H,7-10,13-17,19-21H2,1-3H3,(H,39,48)(H,40,47)(H2,41,42,43,53)/t22-,24+,26+,27+,28+,29+,30+/m1/s1. The minimum Gasteiger partial charge on any atom is -0.461 e. The molecule has 5 heterocycles. The van der Waals surface area contributed by atoms with Crippen molar-refractivity contribution in [2.75, 3.05) is 31.6 Å². The van der Waals surface area contributed by atoms with Crippen molar-refractivity contribution in [2.24, 2.45) is 5.92 Å². The van der Waals surface area contributed by atoms with Crippen molar-refractivity contribution in [1.29, 1.82) is 0 Å². The molecule has 4 N–H and O–H groups in total. The summed E-state index contributed by atoms with van der Waals surface area (Å²) >= 11 is 0. The molecule has 0 aliphatic carbocycles. The van der Waals surface area contributed by atoms with Crippen LogP contribution in [0, 0.1) is 12.8 Å². The summed E-state index contributed by atoms with van der Waals surface area (Å²) in [6.45, 7) is 5.29. The molecule has 1 aromatic heterocycles. The van der Waals surface area contributed by atoms with Gasteiger partial charge in [-0.3, -0.25) is 29.3 Å². The maximum Gasteiger partial charge on any atom is 0.328 e. The predicted octanol–water partition coefficient (Wildman–Crippen LogP) is 1.26. The van der Waals surface area contributed by atoms with Gasteiger partial charge in [0.2, 0.25) is 29.5 Å². The lowest BCUT2D eigenvalue weighted by Gasteiger charge is -2.42. The van der Waals surface area contributed by atoms with E-state index in [0.717, 1.165) is 0 Å². The average molecular weight is 763 g/mol. The third-order valence-electron chi connectivity index (χ3n) is 10.7. The van der Waals surface area contributed by atoms with E-state index in [1.165, 1.54) is 20.8 Å². The molecule has 4 fully saturated rings. The highest BCUT2D eigenvalue weighted by molar-refractivity contribution is 5.98. The molecule has 4 aliphatic heterocycles. The molecule has 55 heavy (non-hydrogen) atoms. The maximum absolute atomic E-state index is 14.6. The quantitative estimate of drug-likeness (QED) is 0.310. The zero-order valence-electron chi connectivity index (χ0n) is 31.5. The molecule has 1 aromatic carbocycles. The van der Waals surface area contributed by atoms with Crippen molar-refractivity contribution in [3.05, 3.63) is 47.7 Å². The molecule has 296 valence electrons. The topological polar surface area (TPSA) is 213 Å². The Labute approximate surface area is 319 Å². The lowest BCUT2D eigenvalue weighted by atomic mass is 9.95. The number of cyclic esters (lactones) is 1.